The number of carbonyl (C=O) groups excluding carboxylic acids is 1. The Morgan fingerprint density at radius 1 is 1.28 bits per heavy atom. The third-order valence-corrected chi connectivity index (χ3v) is 5.32. The Balaban J connectivity index is 1.59. The molecular weight excluding hydrogens is 406 g/mol. The molecule has 154 valence electrons. The number of hydrogen-bond acceptors (Lipinski definition) is 6. The molecular formula is C20H25N5O2S2. The maximum absolute atomic E-state index is 12.4. The molecule has 1 aromatic carbocycles. The summed E-state index contributed by atoms with van der Waals surface area (Å²) in [5.41, 5.74) is 1.37. The molecule has 0 unspecified atom stereocenters. The van der Waals surface area contributed by atoms with Crippen molar-refractivity contribution in [1.82, 2.24) is 25.1 Å². The van der Waals surface area contributed by atoms with Gasteiger partial charge in [-0.25, -0.2) is 4.98 Å². The van der Waals surface area contributed by atoms with Gasteiger partial charge in [0.2, 0.25) is 0 Å². The van der Waals surface area contributed by atoms with Crippen molar-refractivity contribution in [2.45, 2.75) is 46.3 Å². The zero-order chi connectivity index (χ0) is 21.0. The van der Waals surface area contributed by atoms with Gasteiger partial charge in [0.25, 0.3) is 5.91 Å². The molecule has 0 aliphatic heterocycles. The van der Waals surface area contributed by atoms with Crippen molar-refractivity contribution in [3.63, 3.8) is 0 Å². The van der Waals surface area contributed by atoms with Crippen LogP contribution in [-0.2, 0) is 6.42 Å². The number of nitrogens with one attached hydrogen (secondary N) is 2. The predicted molar refractivity (Wildman–Crippen MR) is 117 cm³/mol. The minimum absolute atomic E-state index is 0.130. The maximum Gasteiger partial charge on any atom is 0.270 e. The fourth-order valence-corrected chi connectivity index (χ4v) is 4.05. The number of hydrogen-bond donors (Lipinski definition) is 2. The number of amides is 1. The summed E-state index contributed by atoms with van der Waals surface area (Å²) in [5, 5.41) is 12.5. The molecule has 3 aromatic rings. The Labute approximate surface area is 179 Å². The highest BCUT2D eigenvalue weighted by Gasteiger charge is 2.13. The van der Waals surface area contributed by atoms with E-state index in [2.05, 4.69) is 20.5 Å². The van der Waals surface area contributed by atoms with Gasteiger partial charge in [0.1, 0.15) is 22.3 Å². The average Bonchev–Trinajstić information content (AvgIpc) is 3.29. The van der Waals surface area contributed by atoms with Crippen LogP contribution in [0.15, 0.2) is 29.6 Å². The summed E-state index contributed by atoms with van der Waals surface area (Å²) >= 11 is 6.69. The molecule has 3 rings (SSSR count). The van der Waals surface area contributed by atoms with Crippen molar-refractivity contribution in [2.75, 3.05) is 6.54 Å². The number of thiazole rings is 1. The second-order valence-electron chi connectivity index (χ2n) is 7.14. The zero-order valence-corrected chi connectivity index (χ0v) is 18.6. The van der Waals surface area contributed by atoms with Crippen LogP contribution >= 0.6 is 23.6 Å². The summed E-state index contributed by atoms with van der Waals surface area (Å²) in [6.45, 7) is 8.53. The first kappa shape index (κ1) is 21.2. The van der Waals surface area contributed by atoms with E-state index in [1.807, 2.05) is 56.5 Å². The van der Waals surface area contributed by atoms with Crippen molar-refractivity contribution in [1.29, 1.82) is 0 Å². The lowest BCUT2D eigenvalue weighted by Gasteiger charge is -2.10. The second kappa shape index (κ2) is 9.32. The molecule has 0 aliphatic rings. The molecule has 29 heavy (non-hydrogen) atoms. The Kier molecular flexibility index (Phi) is 6.81. The summed E-state index contributed by atoms with van der Waals surface area (Å²) in [4.78, 5) is 16.9. The van der Waals surface area contributed by atoms with Crippen LogP contribution in [0.5, 0.6) is 5.75 Å². The summed E-state index contributed by atoms with van der Waals surface area (Å²) in [6, 6.07) is 7.94. The smallest absolute Gasteiger partial charge is 0.270 e. The normalized spacial score (nSPS) is 11.2. The Morgan fingerprint density at radius 2 is 2.00 bits per heavy atom. The van der Waals surface area contributed by atoms with Gasteiger partial charge in [0.05, 0.1) is 6.10 Å². The standard InChI is InChI=1S/C20H25N5O2S2/c1-12(2)25-17(23-24-20(25)28)9-10-21-18(26)16-11-29-19(22-16)14-5-7-15(8-6-14)27-13(3)4/h5-8,11-13H,9-10H2,1-4H3,(H,21,26)(H,24,28). The summed E-state index contributed by atoms with van der Waals surface area (Å²) in [6.07, 6.45) is 0.718. The number of rotatable bonds is 8. The van der Waals surface area contributed by atoms with Gasteiger partial charge in [0.15, 0.2) is 4.77 Å². The summed E-state index contributed by atoms with van der Waals surface area (Å²) in [5.74, 6) is 1.45. The summed E-state index contributed by atoms with van der Waals surface area (Å²) < 4.78 is 8.20. The fraction of sp³-hybridized carbons (Fsp3) is 0.400. The number of nitrogens with zero attached hydrogens (tertiary/aromatic N) is 3. The number of benzene rings is 1. The van der Waals surface area contributed by atoms with Crippen molar-refractivity contribution < 1.29 is 9.53 Å². The maximum atomic E-state index is 12.4. The Morgan fingerprint density at radius 3 is 2.66 bits per heavy atom. The lowest BCUT2D eigenvalue weighted by atomic mass is 10.2. The topological polar surface area (TPSA) is 84.8 Å². The Hall–Kier alpha value is -2.52. The molecule has 7 nitrogen and oxygen atoms in total. The monoisotopic (exact) mass is 431 g/mol. The number of ether oxygens (including phenoxy) is 1. The van der Waals surface area contributed by atoms with E-state index >= 15 is 0 Å². The van der Waals surface area contributed by atoms with E-state index in [0.29, 0.717) is 23.4 Å². The largest absolute Gasteiger partial charge is 0.491 e. The quantitative estimate of drug-likeness (QED) is 0.516. The molecule has 2 heterocycles. The van der Waals surface area contributed by atoms with E-state index in [1.165, 1.54) is 11.3 Å². The van der Waals surface area contributed by atoms with Crippen molar-refractivity contribution >= 4 is 29.5 Å². The van der Waals surface area contributed by atoms with E-state index in [0.717, 1.165) is 22.1 Å². The van der Waals surface area contributed by atoms with Gasteiger partial charge < -0.3 is 14.6 Å². The van der Waals surface area contributed by atoms with Crippen molar-refractivity contribution in [3.8, 4) is 16.3 Å². The van der Waals surface area contributed by atoms with Gasteiger partial charge in [-0.3, -0.25) is 9.89 Å². The number of H-pyrrole nitrogens is 1. The minimum Gasteiger partial charge on any atom is -0.491 e. The van der Waals surface area contributed by atoms with Gasteiger partial charge in [-0.2, -0.15) is 5.10 Å². The number of carbonyl (C=O) groups is 1. The van der Waals surface area contributed by atoms with Gasteiger partial charge in [-0.05, 0) is 64.2 Å². The molecule has 0 fully saturated rings. The molecule has 2 N–H and O–H groups in total. The van der Waals surface area contributed by atoms with E-state index in [-0.39, 0.29) is 18.1 Å². The highest BCUT2D eigenvalue weighted by molar-refractivity contribution is 7.71. The minimum atomic E-state index is -0.197. The van der Waals surface area contributed by atoms with Crippen molar-refractivity contribution in [3.05, 3.63) is 45.9 Å². The van der Waals surface area contributed by atoms with Gasteiger partial charge >= 0.3 is 0 Å². The molecule has 0 aliphatic carbocycles. The lowest BCUT2D eigenvalue weighted by molar-refractivity contribution is 0.0949. The SMILES string of the molecule is CC(C)Oc1ccc(-c2nc(C(=O)NCCc3n[nH]c(=S)n3C(C)C)cs2)cc1. The van der Waals surface area contributed by atoms with Crippen LogP contribution in [0.3, 0.4) is 0 Å². The molecule has 1 amide bonds. The van der Waals surface area contributed by atoms with Crippen LogP contribution in [0.2, 0.25) is 0 Å². The van der Waals surface area contributed by atoms with Crippen LogP contribution in [-0.4, -0.2) is 38.3 Å². The van der Waals surface area contributed by atoms with Crippen molar-refractivity contribution in [2.24, 2.45) is 0 Å². The van der Waals surface area contributed by atoms with Crippen LogP contribution < -0.4 is 10.1 Å². The van der Waals surface area contributed by atoms with E-state index in [1.54, 1.807) is 5.38 Å². The van der Waals surface area contributed by atoms with Gasteiger partial charge in [-0.1, -0.05) is 0 Å². The Bertz CT molecular complexity index is 1020. The second-order valence-corrected chi connectivity index (χ2v) is 8.39. The molecule has 9 heteroatoms. The first-order chi connectivity index (χ1) is 13.8. The lowest BCUT2D eigenvalue weighted by Crippen LogP contribution is -2.27. The molecule has 0 atom stereocenters. The predicted octanol–water partition coefficient (Wildman–Crippen LogP) is 4.40. The molecule has 0 radical (unpaired) electrons. The molecule has 0 saturated carbocycles. The molecule has 2 aromatic heterocycles. The van der Waals surface area contributed by atoms with Gasteiger partial charge in [-0.15, -0.1) is 11.3 Å². The zero-order valence-electron chi connectivity index (χ0n) is 16.9. The first-order valence-corrected chi connectivity index (χ1v) is 10.8. The number of aromatic amines is 1. The van der Waals surface area contributed by atoms with Crippen LogP contribution in [0.4, 0.5) is 0 Å². The van der Waals surface area contributed by atoms with Crippen LogP contribution in [0.1, 0.15) is 50.0 Å². The summed E-state index contributed by atoms with van der Waals surface area (Å²) in [7, 11) is 0. The van der Waals surface area contributed by atoms with Crippen LogP contribution in [0.25, 0.3) is 10.6 Å². The molecule has 0 spiro atoms. The fourth-order valence-electron chi connectivity index (χ4n) is 2.88. The van der Waals surface area contributed by atoms with E-state index in [9.17, 15) is 4.79 Å². The van der Waals surface area contributed by atoms with E-state index < -0.39 is 0 Å². The molecule has 0 saturated heterocycles. The van der Waals surface area contributed by atoms with E-state index in [4.69, 9.17) is 17.0 Å². The first-order valence-electron chi connectivity index (χ1n) is 9.51. The third-order valence-electron chi connectivity index (χ3n) is 4.14. The highest BCUT2D eigenvalue weighted by atomic mass is 32.1. The number of aromatic nitrogens is 4. The van der Waals surface area contributed by atoms with Gasteiger partial charge in [0, 0.05) is 30.0 Å². The molecule has 0 bridgehead atoms. The third kappa shape index (κ3) is 5.30. The van der Waals surface area contributed by atoms with Crippen LogP contribution in [0, 0.1) is 4.77 Å². The average molecular weight is 432 g/mol. The highest BCUT2D eigenvalue weighted by Crippen LogP contribution is 2.26.